The predicted molar refractivity (Wildman–Crippen MR) is 72.6 cm³/mol. The molecule has 6 heteroatoms. The van der Waals surface area contributed by atoms with Gasteiger partial charge in [0.05, 0.1) is 5.69 Å². The highest BCUT2D eigenvalue weighted by atomic mass is 32.2. The molecule has 0 spiro atoms. The van der Waals surface area contributed by atoms with Crippen molar-refractivity contribution in [3.8, 4) is 0 Å². The molecule has 1 aliphatic heterocycles. The van der Waals surface area contributed by atoms with Crippen molar-refractivity contribution in [1.82, 2.24) is 0 Å². The lowest BCUT2D eigenvalue weighted by atomic mass is 10.2. The van der Waals surface area contributed by atoms with Crippen LogP contribution in [0.5, 0.6) is 0 Å². The van der Waals surface area contributed by atoms with Crippen molar-refractivity contribution in [3.63, 3.8) is 0 Å². The largest absolute Gasteiger partial charge is 0.479 e. The first-order chi connectivity index (χ1) is 9.09. The highest BCUT2D eigenvalue weighted by Crippen LogP contribution is 2.34. The standard InChI is InChI=1S/C13H15NO4S/c1-9(13(16)17)18-8-12(15)14-6-7-19-11-5-3-2-4-10(11)14/h2-5,9H,6-8H2,1H3,(H,16,17)/t9-/m1/s1. The van der Waals surface area contributed by atoms with Crippen molar-refractivity contribution >= 4 is 29.3 Å². The third-order valence-corrected chi connectivity index (χ3v) is 3.88. The minimum atomic E-state index is -1.07. The molecule has 5 nitrogen and oxygen atoms in total. The van der Waals surface area contributed by atoms with E-state index in [0.29, 0.717) is 6.54 Å². The van der Waals surface area contributed by atoms with Crippen LogP contribution in [-0.4, -0.2) is 42.0 Å². The van der Waals surface area contributed by atoms with Crippen LogP contribution in [0.15, 0.2) is 29.2 Å². The van der Waals surface area contributed by atoms with Gasteiger partial charge in [-0.3, -0.25) is 4.79 Å². The van der Waals surface area contributed by atoms with Crippen molar-refractivity contribution in [2.75, 3.05) is 23.8 Å². The summed E-state index contributed by atoms with van der Waals surface area (Å²) < 4.78 is 5.04. The number of ether oxygens (including phenoxy) is 1. The van der Waals surface area contributed by atoms with Crippen LogP contribution in [0.2, 0.25) is 0 Å². The number of benzene rings is 1. The number of hydrogen-bond donors (Lipinski definition) is 1. The fourth-order valence-corrected chi connectivity index (χ4v) is 2.77. The Bertz CT molecular complexity index is 491. The molecular weight excluding hydrogens is 266 g/mol. The number of carboxylic acid groups (broad SMARTS) is 1. The minimum Gasteiger partial charge on any atom is -0.479 e. The molecule has 0 radical (unpaired) electrons. The molecule has 0 saturated heterocycles. The molecular formula is C13H15NO4S. The van der Waals surface area contributed by atoms with Crippen LogP contribution in [0.25, 0.3) is 0 Å². The van der Waals surface area contributed by atoms with Crippen LogP contribution in [-0.2, 0) is 14.3 Å². The fourth-order valence-electron chi connectivity index (χ4n) is 1.77. The number of nitrogens with zero attached hydrogens (tertiary/aromatic N) is 1. The summed E-state index contributed by atoms with van der Waals surface area (Å²) in [4.78, 5) is 25.4. The maximum atomic E-state index is 12.1. The third-order valence-electron chi connectivity index (χ3n) is 2.83. The number of carbonyl (C=O) groups is 2. The summed E-state index contributed by atoms with van der Waals surface area (Å²) in [7, 11) is 0. The number of carboxylic acids is 1. The Morgan fingerprint density at radius 2 is 2.21 bits per heavy atom. The van der Waals surface area contributed by atoms with Gasteiger partial charge >= 0.3 is 5.97 Å². The molecule has 1 atom stereocenters. The maximum absolute atomic E-state index is 12.1. The zero-order chi connectivity index (χ0) is 13.8. The van der Waals surface area contributed by atoms with Gasteiger partial charge in [0.2, 0.25) is 0 Å². The van der Waals surface area contributed by atoms with Gasteiger partial charge < -0.3 is 14.7 Å². The number of thioether (sulfide) groups is 1. The van der Waals surface area contributed by atoms with E-state index in [-0.39, 0.29) is 12.5 Å². The Labute approximate surface area is 115 Å². The lowest BCUT2D eigenvalue weighted by Crippen LogP contribution is -2.39. The number of carbonyl (C=O) groups excluding carboxylic acids is 1. The van der Waals surface area contributed by atoms with E-state index in [1.54, 1.807) is 16.7 Å². The average Bonchev–Trinajstić information content (AvgIpc) is 2.43. The maximum Gasteiger partial charge on any atom is 0.332 e. The summed E-state index contributed by atoms with van der Waals surface area (Å²) in [6.45, 7) is 1.81. The number of aliphatic carboxylic acids is 1. The summed E-state index contributed by atoms with van der Waals surface area (Å²) >= 11 is 1.71. The van der Waals surface area contributed by atoms with Crippen molar-refractivity contribution in [2.45, 2.75) is 17.9 Å². The molecule has 1 aromatic rings. The lowest BCUT2D eigenvalue weighted by molar-refractivity contribution is -0.150. The van der Waals surface area contributed by atoms with Gasteiger partial charge in [0, 0.05) is 17.2 Å². The number of amides is 1. The van der Waals surface area contributed by atoms with E-state index in [2.05, 4.69) is 0 Å². The Balaban J connectivity index is 2.03. The first kappa shape index (κ1) is 13.9. The molecule has 2 rings (SSSR count). The Kier molecular flexibility index (Phi) is 4.44. The normalized spacial score (nSPS) is 15.7. The van der Waals surface area contributed by atoms with Gasteiger partial charge in [0.15, 0.2) is 6.10 Å². The smallest absolute Gasteiger partial charge is 0.332 e. The molecule has 0 fully saturated rings. The molecule has 1 amide bonds. The molecule has 19 heavy (non-hydrogen) atoms. The summed E-state index contributed by atoms with van der Waals surface area (Å²) in [6, 6.07) is 7.68. The Morgan fingerprint density at radius 1 is 1.47 bits per heavy atom. The van der Waals surface area contributed by atoms with Gasteiger partial charge in [-0.25, -0.2) is 4.79 Å². The molecule has 1 aromatic carbocycles. The number of fused-ring (bicyclic) bond motifs is 1. The van der Waals surface area contributed by atoms with E-state index in [0.717, 1.165) is 16.3 Å². The van der Waals surface area contributed by atoms with Gasteiger partial charge in [-0.1, -0.05) is 12.1 Å². The summed E-state index contributed by atoms with van der Waals surface area (Å²) in [5, 5.41) is 8.71. The van der Waals surface area contributed by atoms with Gasteiger partial charge in [0.25, 0.3) is 5.91 Å². The van der Waals surface area contributed by atoms with Crippen LogP contribution in [0.3, 0.4) is 0 Å². The van der Waals surface area contributed by atoms with Gasteiger partial charge in [0.1, 0.15) is 6.61 Å². The highest BCUT2D eigenvalue weighted by Gasteiger charge is 2.23. The number of hydrogen-bond acceptors (Lipinski definition) is 4. The molecule has 102 valence electrons. The van der Waals surface area contributed by atoms with E-state index in [9.17, 15) is 9.59 Å². The average molecular weight is 281 g/mol. The van der Waals surface area contributed by atoms with Crippen LogP contribution in [0.4, 0.5) is 5.69 Å². The molecule has 1 N–H and O–H groups in total. The van der Waals surface area contributed by atoms with Crippen molar-refractivity contribution < 1.29 is 19.4 Å². The van der Waals surface area contributed by atoms with E-state index in [4.69, 9.17) is 9.84 Å². The van der Waals surface area contributed by atoms with E-state index in [1.165, 1.54) is 6.92 Å². The number of anilines is 1. The van der Waals surface area contributed by atoms with E-state index >= 15 is 0 Å². The molecule has 1 heterocycles. The van der Waals surface area contributed by atoms with E-state index in [1.807, 2.05) is 24.3 Å². The summed E-state index contributed by atoms with van der Waals surface area (Å²) in [5.74, 6) is -0.444. The molecule has 0 aliphatic carbocycles. The molecule has 1 aliphatic rings. The summed E-state index contributed by atoms with van der Waals surface area (Å²) in [6.07, 6.45) is -0.974. The summed E-state index contributed by atoms with van der Waals surface area (Å²) in [5.41, 5.74) is 0.871. The van der Waals surface area contributed by atoms with Crippen molar-refractivity contribution in [1.29, 1.82) is 0 Å². The van der Waals surface area contributed by atoms with Crippen LogP contribution < -0.4 is 4.90 Å². The zero-order valence-corrected chi connectivity index (χ0v) is 11.4. The van der Waals surface area contributed by atoms with Crippen molar-refractivity contribution in [2.24, 2.45) is 0 Å². The van der Waals surface area contributed by atoms with E-state index < -0.39 is 12.1 Å². The van der Waals surface area contributed by atoms with Crippen LogP contribution >= 0.6 is 11.8 Å². The molecule has 0 saturated carbocycles. The number of para-hydroxylation sites is 1. The predicted octanol–water partition coefficient (Wildman–Crippen LogP) is 1.61. The SMILES string of the molecule is C[C@@H](OCC(=O)N1CCSc2ccccc21)C(=O)O. The topological polar surface area (TPSA) is 66.8 Å². The molecule has 0 unspecified atom stereocenters. The second kappa shape index (κ2) is 6.08. The van der Waals surface area contributed by atoms with Gasteiger partial charge in [-0.2, -0.15) is 0 Å². The van der Waals surface area contributed by atoms with Gasteiger partial charge in [-0.15, -0.1) is 11.8 Å². The monoisotopic (exact) mass is 281 g/mol. The fraction of sp³-hybridized carbons (Fsp3) is 0.385. The molecule has 0 aromatic heterocycles. The molecule has 0 bridgehead atoms. The second-order valence-electron chi connectivity index (χ2n) is 4.15. The van der Waals surface area contributed by atoms with Crippen LogP contribution in [0.1, 0.15) is 6.92 Å². The van der Waals surface area contributed by atoms with Gasteiger partial charge in [-0.05, 0) is 19.1 Å². The Morgan fingerprint density at radius 3 is 2.95 bits per heavy atom. The van der Waals surface area contributed by atoms with Crippen LogP contribution in [0, 0.1) is 0 Å². The first-order valence-corrected chi connectivity index (χ1v) is 6.95. The second-order valence-corrected chi connectivity index (χ2v) is 5.29. The lowest BCUT2D eigenvalue weighted by Gasteiger charge is -2.29. The zero-order valence-electron chi connectivity index (χ0n) is 10.5. The quantitative estimate of drug-likeness (QED) is 0.908. The Hall–Kier alpha value is -1.53. The first-order valence-electron chi connectivity index (χ1n) is 5.96. The van der Waals surface area contributed by atoms with Crippen molar-refractivity contribution in [3.05, 3.63) is 24.3 Å². The minimum absolute atomic E-state index is 0.208. The third kappa shape index (κ3) is 3.27. The number of rotatable bonds is 4. The highest BCUT2D eigenvalue weighted by molar-refractivity contribution is 7.99.